The summed E-state index contributed by atoms with van der Waals surface area (Å²) in [5.41, 5.74) is 0. The zero-order chi connectivity index (χ0) is 12.0. The van der Waals surface area contributed by atoms with Crippen molar-refractivity contribution in [2.24, 2.45) is 0 Å². The minimum absolute atomic E-state index is 0.0163. The number of hydrogen-bond donors (Lipinski definition) is 0. The maximum Gasteiger partial charge on any atom is 0.246 e. The van der Waals surface area contributed by atoms with Crippen LogP contribution < -0.4 is 0 Å². The van der Waals surface area contributed by atoms with Crippen molar-refractivity contribution in [1.29, 1.82) is 0 Å². The quantitative estimate of drug-likeness (QED) is 0.614. The summed E-state index contributed by atoms with van der Waals surface area (Å²) in [6, 6.07) is 2.03. The third-order valence-electron chi connectivity index (χ3n) is 1.93. The lowest BCUT2D eigenvalue weighted by atomic mass is 10.4. The van der Waals surface area contributed by atoms with Gasteiger partial charge < -0.3 is 4.90 Å². The summed E-state index contributed by atoms with van der Waals surface area (Å²) in [4.78, 5) is 14.5. The molecule has 0 unspecified atom stereocenters. The van der Waals surface area contributed by atoms with Crippen molar-refractivity contribution < 1.29 is 4.79 Å². The molecule has 86 valence electrons. The number of hydrogen-bond acceptors (Lipinski definition) is 2. The molecule has 0 bridgehead atoms. The molecule has 4 heteroatoms. The summed E-state index contributed by atoms with van der Waals surface area (Å²) in [7, 11) is 1.80. The Balaban J connectivity index is 2.52. The maximum absolute atomic E-state index is 11.6. The van der Waals surface area contributed by atoms with E-state index in [9.17, 15) is 4.79 Å². The molecule has 0 saturated heterocycles. The molecule has 0 spiro atoms. The summed E-state index contributed by atoms with van der Waals surface area (Å²) in [5, 5.41) is 2.02. The second kappa shape index (κ2) is 6.66. The van der Waals surface area contributed by atoms with Gasteiger partial charge in [0.15, 0.2) is 0 Å². The Bertz CT molecular complexity index is 409. The fourth-order valence-corrected chi connectivity index (χ4v) is 2.63. The molecule has 0 aliphatic heterocycles. The SMILES string of the molecule is C/C=C/C=C/C(=O)N(C)Cc1cc(Br)cs1. The van der Waals surface area contributed by atoms with Gasteiger partial charge in [0, 0.05) is 27.9 Å². The number of carbonyl (C=O) groups excluding carboxylic acids is 1. The third-order valence-corrected chi connectivity index (χ3v) is 3.62. The van der Waals surface area contributed by atoms with Gasteiger partial charge in [-0.15, -0.1) is 11.3 Å². The Morgan fingerprint density at radius 2 is 2.31 bits per heavy atom. The molecule has 16 heavy (non-hydrogen) atoms. The molecule has 1 aromatic rings. The predicted molar refractivity (Wildman–Crippen MR) is 72.4 cm³/mol. The molecule has 0 fully saturated rings. The van der Waals surface area contributed by atoms with E-state index in [1.165, 1.54) is 4.88 Å². The van der Waals surface area contributed by atoms with Crippen molar-refractivity contribution in [3.63, 3.8) is 0 Å². The van der Waals surface area contributed by atoms with Gasteiger partial charge in [-0.1, -0.05) is 18.2 Å². The highest BCUT2D eigenvalue weighted by atomic mass is 79.9. The number of carbonyl (C=O) groups is 1. The van der Waals surface area contributed by atoms with Gasteiger partial charge in [-0.2, -0.15) is 0 Å². The van der Waals surface area contributed by atoms with E-state index in [1.54, 1.807) is 35.4 Å². The van der Waals surface area contributed by atoms with E-state index >= 15 is 0 Å². The average molecular weight is 300 g/mol. The first-order valence-corrected chi connectivity index (χ1v) is 6.58. The second-order valence-electron chi connectivity index (χ2n) is 3.31. The molecular weight excluding hydrogens is 286 g/mol. The van der Waals surface area contributed by atoms with Crippen LogP contribution >= 0.6 is 27.3 Å². The van der Waals surface area contributed by atoms with Crippen molar-refractivity contribution in [3.05, 3.63) is 45.1 Å². The Morgan fingerprint density at radius 1 is 1.56 bits per heavy atom. The van der Waals surface area contributed by atoms with Crippen molar-refractivity contribution in [3.8, 4) is 0 Å². The normalized spacial score (nSPS) is 11.4. The number of amides is 1. The zero-order valence-electron chi connectivity index (χ0n) is 9.31. The lowest BCUT2D eigenvalue weighted by Gasteiger charge is -2.13. The van der Waals surface area contributed by atoms with Crippen LogP contribution in [0.15, 0.2) is 40.2 Å². The number of halogens is 1. The average Bonchev–Trinajstić information content (AvgIpc) is 2.64. The Morgan fingerprint density at radius 3 is 2.88 bits per heavy atom. The molecule has 0 atom stereocenters. The zero-order valence-corrected chi connectivity index (χ0v) is 11.7. The third kappa shape index (κ3) is 4.33. The summed E-state index contributed by atoms with van der Waals surface area (Å²) < 4.78 is 1.07. The molecule has 1 aromatic heterocycles. The van der Waals surface area contributed by atoms with Crippen LogP contribution in [0, 0.1) is 0 Å². The van der Waals surface area contributed by atoms with Gasteiger partial charge in [0.25, 0.3) is 0 Å². The van der Waals surface area contributed by atoms with E-state index in [0.717, 1.165) is 4.47 Å². The standard InChI is InChI=1S/C12H14BrNOS/c1-3-4-5-6-12(15)14(2)8-11-7-10(13)9-16-11/h3-7,9H,8H2,1-2H3/b4-3+,6-5+. The van der Waals surface area contributed by atoms with Gasteiger partial charge in [-0.05, 0) is 28.9 Å². The van der Waals surface area contributed by atoms with Crippen molar-refractivity contribution in [2.75, 3.05) is 7.05 Å². The van der Waals surface area contributed by atoms with Crippen LogP contribution in [0.5, 0.6) is 0 Å². The lowest BCUT2D eigenvalue weighted by molar-refractivity contribution is -0.125. The number of rotatable bonds is 4. The van der Waals surface area contributed by atoms with E-state index in [1.807, 2.05) is 30.5 Å². The highest BCUT2D eigenvalue weighted by molar-refractivity contribution is 9.10. The van der Waals surface area contributed by atoms with Gasteiger partial charge >= 0.3 is 0 Å². The van der Waals surface area contributed by atoms with Crippen LogP contribution in [-0.4, -0.2) is 17.9 Å². The molecule has 1 amide bonds. The Hall–Kier alpha value is -0.870. The highest BCUT2D eigenvalue weighted by Gasteiger charge is 2.06. The first-order valence-electron chi connectivity index (χ1n) is 4.91. The largest absolute Gasteiger partial charge is 0.337 e. The Kier molecular flexibility index (Phi) is 5.49. The molecule has 0 N–H and O–H groups in total. The van der Waals surface area contributed by atoms with Crippen molar-refractivity contribution in [1.82, 2.24) is 4.90 Å². The number of likely N-dealkylation sites (N-methyl/N-ethyl adjacent to an activating group) is 1. The first-order chi connectivity index (χ1) is 7.63. The fraction of sp³-hybridized carbons (Fsp3) is 0.250. The summed E-state index contributed by atoms with van der Waals surface area (Å²) >= 11 is 5.04. The van der Waals surface area contributed by atoms with Crippen LogP contribution in [0.1, 0.15) is 11.8 Å². The van der Waals surface area contributed by atoms with Gasteiger partial charge in [0.05, 0.1) is 6.54 Å². The molecule has 1 heterocycles. The summed E-state index contributed by atoms with van der Waals surface area (Å²) in [6.45, 7) is 2.57. The Labute approximate surface area is 108 Å². The summed E-state index contributed by atoms with van der Waals surface area (Å²) in [6.07, 6.45) is 7.06. The van der Waals surface area contributed by atoms with E-state index in [2.05, 4.69) is 15.9 Å². The van der Waals surface area contributed by atoms with Gasteiger partial charge in [0.1, 0.15) is 0 Å². The van der Waals surface area contributed by atoms with Crippen LogP contribution in [0.3, 0.4) is 0 Å². The topological polar surface area (TPSA) is 20.3 Å². The smallest absolute Gasteiger partial charge is 0.246 e. The molecule has 1 rings (SSSR count). The first kappa shape index (κ1) is 13.2. The van der Waals surface area contributed by atoms with E-state index < -0.39 is 0 Å². The van der Waals surface area contributed by atoms with Crippen LogP contribution in [0.4, 0.5) is 0 Å². The van der Waals surface area contributed by atoms with Gasteiger partial charge in [0.2, 0.25) is 5.91 Å². The fourth-order valence-electron chi connectivity index (χ4n) is 1.12. The second-order valence-corrected chi connectivity index (χ2v) is 5.22. The number of allylic oxidation sites excluding steroid dienone is 3. The monoisotopic (exact) mass is 299 g/mol. The number of thiophene rings is 1. The maximum atomic E-state index is 11.6. The van der Waals surface area contributed by atoms with Crippen LogP contribution in [0.25, 0.3) is 0 Å². The minimum atomic E-state index is 0.0163. The predicted octanol–water partition coefficient (Wildman–Crippen LogP) is 3.60. The van der Waals surface area contributed by atoms with E-state index in [-0.39, 0.29) is 5.91 Å². The molecule has 0 aliphatic carbocycles. The highest BCUT2D eigenvalue weighted by Crippen LogP contribution is 2.20. The molecular formula is C12H14BrNOS. The molecule has 0 radical (unpaired) electrons. The summed E-state index contributed by atoms with van der Waals surface area (Å²) in [5.74, 6) is 0.0163. The molecule has 0 aliphatic rings. The number of nitrogens with zero attached hydrogens (tertiary/aromatic N) is 1. The van der Waals surface area contributed by atoms with Crippen LogP contribution in [-0.2, 0) is 11.3 Å². The van der Waals surface area contributed by atoms with Crippen LogP contribution in [0.2, 0.25) is 0 Å². The van der Waals surface area contributed by atoms with Crippen molar-refractivity contribution >= 4 is 33.2 Å². The van der Waals surface area contributed by atoms with Gasteiger partial charge in [-0.25, -0.2) is 0 Å². The van der Waals surface area contributed by atoms with E-state index in [0.29, 0.717) is 6.54 Å². The van der Waals surface area contributed by atoms with E-state index in [4.69, 9.17) is 0 Å². The molecule has 0 aromatic carbocycles. The molecule has 0 saturated carbocycles. The minimum Gasteiger partial charge on any atom is -0.337 e. The lowest BCUT2D eigenvalue weighted by Crippen LogP contribution is -2.23. The van der Waals surface area contributed by atoms with Gasteiger partial charge in [-0.3, -0.25) is 4.79 Å². The van der Waals surface area contributed by atoms with Crippen molar-refractivity contribution in [2.45, 2.75) is 13.5 Å². The molecule has 2 nitrogen and oxygen atoms in total.